The normalized spacial score (nSPS) is 13.9. The lowest BCUT2D eigenvalue weighted by Gasteiger charge is -2.14. The molecule has 3 rings (SSSR count). The van der Waals surface area contributed by atoms with Crippen molar-refractivity contribution in [3.63, 3.8) is 0 Å². The molecule has 0 saturated heterocycles. The van der Waals surface area contributed by atoms with Gasteiger partial charge in [0.15, 0.2) is 5.95 Å². The molecule has 1 heterocycles. The second-order valence-corrected chi connectivity index (χ2v) is 5.39. The number of nitrogens with zero attached hydrogens (tertiary/aromatic N) is 3. The van der Waals surface area contributed by atoms with Gasteiger partial charge in [0.25, 0.3) is 5.69 Å². The first kappa shape index (κ1) is 14.4. The molecule has 2 aromatic rings. The first-order valence-electron chi connectivity index (χ1n) is 7.07. The Hall–Kier alpha value is -2.57. The van der Waals surface area contributed by atoms with Crippen LogP contribution in [-0.4, -0.2) is 30.2 Å². The van der Waals surface area contributed by atoms with Crippen LogP contribution < -0.4 is 14.5 Å². The molecule has 0 unspecified atom stereocenters. The summed E-state index contributed by atoms with van der Waals surface area (Å²) >= 11 is 0. The van der Waals surface area contributed by atoms with E-state index in [1.807, 2.05) is 0 Å². The predicted molar refractivity (Wildman–Crippen MR) is 73.2 cm³/mol. The number of hydrogen-bond donors (Lipinski definition) is 0. The predicted octanol–water partition coefficient (Wildman–Crippen LogP) is 0.402. The number of carbonyl (C=O) groups is 1. The van der Waals surface area contributed by atoms with Crippen LogP contribution in [0.15, 0.2) is 28.8 Å². The summed E-state index contributed by atoms with van der Waals surface area (Å²) in [5.41, 5.74) is 0.996. The second kappa shape index (κ2) is 5.67. The standard InChI is InChI=1S/C15H17N3O4/c1-17(14(19)10-3-4-10)9-13-15(20)22-16-18(13)11-5-7-12(21-2)8-6-11/h5-8,10H,3-4,9H2,1-2H3. The fourth-order valence-electron chi connectivity index (χ4n) is 2.27. The molecule has 0 bridgehead atoms. The van der Waals surface area contributed by atoms with E-state index in [0.717, 1.165) is 12.8 Å². The maximum Gasteiger partial charge on any atom is 0.259 e. The molecule has 0 atom stereocenters. The van der Waals surface area contributed by atoms with Crippen molar-refractivity contribution in [2.24, 2.45) is 5.92 Å². The number of ether oxygens (including phenoxy) is 1. The van der Waals surface area contributed by atoms with Gasteiger partial charge in [0, 0.05) is 25.1 Å². The van der Waals surface area contributed by atoms with Gasteiger partial charge in [-0.1, -0.05) is 0 Å². The molecule has 7 heteroatoms. The molecule has 1 aliphatic carbocycles. The Morgan fingerprint density at radius 3 is 2.73 bits per heavy atom. The second-order valence-electron chi connectivity index (χ2n) is 5.39. The molecule has 0 radical (unpaired) electrons. The molecule has 1 amide bonds. The van der Waals surface area contributed by atoms with Crippen LogP contribution in [0.4, 0.5) is 0 Å². The van der Waals surface area contributed by atoms with Gasteiger partial charge < -0.3 is 19.3 Å². The van der Waals surface area contributed by atoms with Crippen molar-refractivity contribution >= 4 is 5.91 Å². The average Bonchev–Trinajstić information content (AvgIpc) is 3.32. The van der Waals surface area contributed by atoms with Crippen LogP contribution in [0.5, 0.6) is 11.7 Å². The summed E-state index contributed by atoms with van der Waals surface area (Å²) in [6.07, 6.45) is 1.85. The number of carbonyl (C=O) groups excluding carboxylic acids is 1. The molecule has 1 aromatic heterocycles. The minimum atomic E-state index is -0.536. The molecule has 0 spiro atoms. The molecule has 1 aromatic carbocycles. The first-order chi connectivity index (χ1) is 10.6. The van der Waals surface area contributed by atoms with E-state index < -0.39 is 5.95 Å². The summed E-state index contributed by atoms with van der Waals surface area (Å²) in [5, 5.41) is 15.6. The van der Waals surface area contributed by atoms with Crippen molar-refractivity contribution in [3.8, 4) is 17.4 Å². The zero-order valence-corrected chi connectivity index (χ0v) is 12.5. The Kier molecular flexibility index (Phi) is 3.70. The van der Waals surface area contributed by atoms with Gasteiger partial charge in [-0.05, 0) is 29.7 Å². The van der Waals surface area contributed by atoms with Crippen LogP contribution in [0.2, 0.25) is 0 Å². The zero-order valence-electron chi connectivity index (χ0n) is 12.5. The molecule has 1 saturated carbocycles. The maximum absolute atomic E-state index is 12.0. The van der Waals surface area contributed by atoms with Gasteiger partial charge in [-0.15, -0.1) is 0 Å². The first-order valence-corrected chi connectivity index (χ1v) is 7.07. The molecule has 116 valence electrons. The minimum absolute atomic E-state index is 0.0573. The number of aromatic nitrogens is 2. The fourth-order valence-corrected chi connectivity index (χ4v) is 2.27. The van der Waals surface area contributed by atoms with Gasteiger partial charge in [-0.3, -0.25) is 4.79 Å². The zero-order chi connectivity index (χ0) is 15.7. The highest BCUT2D eigenvalue weighted by Gasteiger charge is 2.33. The molecule has 7 nitrogen and oxygen atoms in total. The van der Waals surface area contributed by atoms with Crippen LogP contribution in [-0.2, 0) is 11.3 Å². The third-order valence-corrected chi connectivity index (χ3v) is 3.70. The quantitative estimate of drug-likeness (QED) is 0.747. The third kappa shape index (κ3) is 2.74. The van der Waals surface area contributed by atoms with Crippen molar-refractivity contribution in [1.29, 1.82) is 0 Å². The van der Waals surface area contributed by atoms with Crippen molar-refractivity contribution in [1.82, 2.24) is 10.2 Å². The van der Waals surface area contributed by atoms with Crippen molar-refractivity contribution in [3.05, 3.63) is 30.0 Å². The number of rotatable bonds is 5. The van der Waals surface area contributed by atoms with Crippen molar-refractivity contribution in [2.45, 2.75) is 19.4 Å². The van der Waals surface area contributed by atoms with Gasteiger partial charge in [0.2, 0.25) is 11.6 Å². The summed E-state index contributed by atoms with van der Waals surface area (Å²) in [4.78, 5) is 13.6. The Morgan fingerprint density at radius 2 is 2.14 bits per heavy atom. The molecule has 22 heavy (non-hydrogen) atoms. The van der Waals surface area contributed by atoms with E-state index in [9.17, 15) is 9.90 Å². The van der Waals surface area contributed by atoms with E-state index in [1.165, 1.54) is 4.68 Å². The average molecular weight is 303 g/mol. The summed E-state index contributed by atoms with van der Waals surface area (Å²) < 4.78 is 11.3. The smallest absolute Gasteiger partial charge is 0.259 e. The summed E-state index contributed by atoms with van der Waals surface area (Å²) in [6.45, 7) is 0.170. The van der Waals surface area contributed by atoms with Crippen LogP contribution in [0.3, 0.4) is 0 Å². The molecule has 1 fully saturated rings. The molecular formula is C15H17N3O4. The van der Waals surface area contributed by atoms with E-state index in [-0.39, 0.29) is 18.4 Å². The highest BCUT2D eigenvalue weighted by atomic mass is 16.6. The molecule has 1 aliphatic rings. The van der Waals surface area contributed by atoms with Gasteiger partial charge in [-0.25, -0.2) is 0 Å². The van der Waals surface area contributed by atoms with Gasteiger partial charge in [0.05, 0.1) is 12.4 Å². The monoisotopic (exact) mass is 303 g/mol. The largest absolute Gasteiger partial charge is 0.539 e. The fraction of sp³-hybridized carbons (Fsp3) is 0.400. The Bertz CT molecular complexity index is 677. The molecular weight excluding hydrogens is 286 g/mol. The topological polar surface area (TPSA) is 82.5 Å². The lowest BCUT2D eigenvalue weighted by molar-refractivity contribution is -0.678. The summed E-state index contributed by atoms with van der Waals surface area (Å²) in [7, 11) is 3.27. The lowest BCUT2D eigenvalue weighted by Crippen LogP contribution is -2.40. The van der Waals surface area contributed by atoms with Crippen LogP contribution >= 0.6 is 0 Å². The van der Waals surface area contributed by atoms with Crippen molar-refractivity contribution < 1.29 is 23.8 Å². The van der Waals surface area contributed by atoms with Crippen LogP contribution in [0.1, 0.15) is 18.5 Å². The van der Waals surface area contributed by atoms with Crippen LogP contribution in [0, 0.1) is 5.92 Å². The van der Waals surface area contributed by atoms with Crippen molar-refractivity contribution in [2.75, 3.05) is 14.2 Å². The lowest BCUT2D eigenvalue weighted by atomic mass is 10.3. The van der Waals surface area contributed by atoms with E-state index in [4.69, 9.17) is 9.26 Å². The molecule has 0 N–H and O–H groups in total. The van der Waals surface area contributed by atoms with Gasteiger partial charge in [0.1, 0.15) is 12.3 Å². The number of amides is 1. The summed E-state index contributed by atoms with van der Waals surface area (Å²) in [5.74, 6) is 0.334. The number of methoxy groups -OCH3 is 1. The summed E-state index contributed by atoms with van der Waals surface area (Å²) in [6, 6.07) is 7.08. The Labute approximate surface area is 127 Å². The van der Waals surface area contributed by atoms with Gasteiger partial charge in [-0.2, -0.15) is 0 Å². The van der Waals surface area contributed by atoms with E-state index in [2.05, 4.69) is 5.27 Å². The Morgan fingerprint density at radius 1 is 1.45 bits per heavy atom. The third-order valence-electron chi connectivity index (χ3n) is 3.70. The van der Waals surface area contributed by atoms with Gasteiger partial charge >= 0.3 is 0 Å². The van der Waals surface area contributed by atoms with E-state index >= 15 is 0 Å². The molecule has 0 aliphatic heterocycles. The van der Waals surface area contributed by atoms with E-state index in [1.54, 1.807) is 43.3 Å². The minimum Gasteiger partial charge on any atom is -0.539 e. The van der Waals surface area contributed by atoms with Crippen LogP contribution in [0.25, 0.3) is 5.69 Å². The van der Waals surface area contributed by atoms with E-state index in [0.29, 0.717) is 17.1 Å². The Balaban J connectivity index is 1.84. The highest BCUT2D eigenvalue weighted by Crippen LogP contribution is 2.31. The highest BCUT2D eigenvalue weighted by molar-refractivity contribution is 5.80. The SMILES string of the molecule is COc1ccc(-[n+]2noc([O-])c2CN(C)C(=O)C2CC2)cc1. The number of hydrogen-bond acceptors (Lipinski definition) is 5. The maximum atomic E-state index is 12.0. The number of benzene rings is 1.